The molecule has 1 amide bonds. The van der Waals surface area contributed by atoms with Crippen molar-refractivity contribution in [1.82, 2.24) is 15.2 Å². The Morgan fingerprint density at radius 2 is 2.38 bits per heavy atom. The number of rotatable bonds is 4. The van der Waals surface area contributed by atoms with E-state index in [-0.39, 0.29) is 18.2 Å². The van der Waals surface area contributed by atoms with Gasteiger partial charge in [0.2, 0.25) is 0 Å². The van der Waals surface area contributed by atoms with E-state index in [9.17, 15) is 14.7 Å². The third kappa shape index (κ3) is 2.76. The van der Waals surface area contributed by atoms with Crippen molar-refractivity contribution in [3.8, 4) is 0 Å². The Balaban J connectivity index is 1.89. The largest absolute Gasteiger partial charge is 0.465 e. The molecule has 1 saturated heterocycles. The molecule has 8 heteroatoms. The second-order valence-electron chi connectivity index (χ2n) is 5.46. The summed E-state index contributed by atoms with van der Waals surface area (Å²) in [6, 6.07) is 1.56. The van der Waals surface area contributed by atoms with Gasteiger partial charge in [0.1, 0.15) is 6.54 Å². The fraction of sp³-hybridized carbons (Fsp3) is 0.312. The van der Waals surface area contributed by atoms with Crippen LogP contribution >= 0.6 is 11.6 Å². The van der Waals surface area contributed by atoms with E-state index < -0.39 is 23.5 Å². The molecule has 2 aliphatic heterocycles. The number of nitrogens with one attached hydrogen (secondary N) is 1. The molecule has 24 heavy (non-hydrogen) atoms. The molecule has 2 N–H and O–H groups in total. The second kappa shape index (κ2) is 6.26. The number of nitrogens with zero attached hydrogens (tertiary/aromatic N) is 2. The summed E-state index contributed by atoms with van der Waals surface area (Å²) in [6.45, 7) is 2.00. The number of carbonyl (C=O) groups excluding carboxylic acids is 2. The Kier molecular flexibility index (Phi) is 4.29. The van der Waals surface area contributed by atoms with Crippen molar-refractivity contribution in [3.05, 3.63) is 53.1 Å². The fourth-order valence-corrected chi connectivity index (χ4v) is 3.13. The number of hydrogen-bond acceptors (Lipinski definition) is 6. The Labute approximate surface area is 143 Å². The zero-order chi connectivity index (χ0) is 17.3. The smallest absolute Gasteiger partial charge is 0.325 e. The number of halogens is 1. The van der Waals surface area contributed by atoms with Crippen LogP contribution in [0.25, 0.3) is 0 Å². The Morgan fingerprint density at radius 3 is 3.08 bits per heavy atom. The maximum absolute atomic E-state index is 12.3. The molecule has 0 aromatic carbocycles. The van der Waals surface area contributed by atoms with Crippen molar-refractivity contribution < 1.29 is 19.4 Å². The minimum absolute atomic E-state index is 0.0116. The van der Waals surface area contributed by atoms with Crippen LogP contribution in [0.4, 0.5) is 0 Å². The minimum Gasteiger partial charge on any atom is -0.465 e. The number of fused-ring (bicyclic) bond motifs is 1. The van der Waals surface area contributed by atoms with Gasteiger partial charge in [0.15, 0.2) is 5.72 Å². The summed E-state index contributed by atoms with van der Waals surface area (Å²) in [5, 5.41) is 13.8. The van der Waals surface area contributed by atoms with Gasteiger partial charge >= 0.3 is 5.97 Å². The molecule has 0 aliphatic carbocycles. The number of amides is 1. The molecule has 2 aliphatic rings. The summed E-state index contributed by atoms with van der Waals surface area (Å²) in [4.78, 5) is 29.3. The van der Waals surface area contributed by atoms with Crippen molar-refractivity contribution in [1.29, 1.82) is 0 Å². The van der Waals surface area contributed by atoms with Gasteiger partial charge in [0.25, 0.3) is 5.91 Å². The zero-order valence-corrected chi connectivity index (χ0v) is 13.7. The molecule has 3 rings (SSSR count). The lowest BCUT2D eigenvalue weighted by atomic mass is 9.87. The van der Waals surface area contributed by atoms with Crippen molar-refractivity contribution >= 4 is 23.5 Å². The predicted octanol–water partition coefficient (Wildman–Crippen LogP) is 0.902. The van der Waals surface area contributed by atoms with E-state index in [0.29, 0.717) is 11.1 Å². The first-order valence-corrected chi connectivity index (χ1v) is 7.79. The van der Waals surface area contributed by atoms with E-state index in [1.807, 2.05) is 0 Å². The highest BCUT2D eigenvalue weighted by atomic mass is 35.5. The van der Waals surface area contributed by atoms with Crippen molar-refractivity contribution in [3.63, 3.8) is 0 Å². The molecule has 1 aromatic rings. The fourth-order valence-electron chi connectivity index (χ4n) is 2.86. The van der Waals surface area contributed by atoms with E-state index in [1.54, 1.807) is 30.2 Å². The van der Waals surface area contributed by atoms with Crippen LogP contribution in [0.1, 0.15) is 12.5 Å². The molecule has 3 heterocycles. The molecular formula is C16H16ClN3O4. The van der Waals surface area contributed by atoms with Crippen molar-refractivity contribution in [2.24, 2.45) is 5.92 Å². The third-order valence-electron chi connectivity index (χ3n) is 3.93. The van der Waals surface area contributed by atoms with Crippen LogP contribution in [0.2, 0.25) is 5.02 Å². The molecular weight excluding hydrogens is 334 g/mol. The van der Waals surface area contributed by atoms with E-state index in [4.69, 9.17) is 16.3 Å². The molecule has 0 spiro atoms. The van der Waals surface area contributed by atoms with Gasteiger partial charge in [-0.25, -0.2) is 0 Å². The average molecular weight is 350 g/mol. The molecule has 2 atom stereocenters. The Morgan fingerprint density at radius 1 is 1.58 bits per heavy atom. The highest BCUT2D eigenvalue weighted by molar-refractivity contribution is 6.31. The number of aromatic nitrogens is 1. The normalized spacial score (nSPS) is 25.1. The van der Waals surface area contributed by atoms with Crippen LogP contribution < -0.4 is 5.32 Å². The van der Waals surface area contributed by atoms with Crippen LogP contribution in [0.5, 0.6) is 0 Å². The van der Waals surface area contributed by atoms with Crippen LogP contribution in [-0.4, -0.2) is 40.0 Å². The van der Waals surface area contributed by atoms with E-state index >= 15 is 0 Å². The third-order valence-corrected chi connectivity index (χ3v) is 4.23. The molecule has 1 aromatic heterocycles. The average Bonchev–Trinajstić information content (AvgIpc) is 2.79. The first-order chi connectivity index (χ1) is 11.5. The van der Waals surface area contributed by atoms with Gasteiger partial charge in [-0.2, -0.15) is 0 Å². The maximum atomic E-state index is 12.3. The molecule has 7 nitrogen and oxygen atoms in total. The van der Waals surface area contributed by atoms with Gasteiger partial charge in [0, 0.05) is 35.9 Å². The van der Waals surface area contributed by atoms with Gasteiger partial charge < -0.3 is 20.1 Å². The van der Waals surface area contributed by atoms with E-state index in [0.717, 1.165) is 0 Å². The molecule has 0 radical (unpaired) electrons. The topological polar surface area (TPSA) is 91.8 Å². The number of esters is 1. The molecule has 1 fully saturated rings. The lowest BCUT2D eigenvalue weighted by Gasteiger charge is -2.31. The van der Waals surface area contributed by atoms with Gasteiger partial charge in [-0.1, -0.05) is 17.7 Å². The van der Waals surface area contributed by atoms with E-state index in [2.05, 4.69) is 10.3 Å². The lowest BCUT2D eigenvalue weighted by molar-refractivity contribution is -0.143. The summed E-state index contributed by atoms with van der Waals surface area (Å²) in [5.74, 6) is -1.44. The second-order valence-corrected chi connectivity index (χ2v) is 5.86. The van der Waals surface area contributed by atoms with Crippen molar-refractivity contribution in [2.75, 3.05) is 13.2 Å². The summed E-state index contributed by atoms with van der Waals surface area (Å²) in [7, 11) is 0. The lowest BCUT2D eigenvalue weighted by Crippen LogP contribution is -2.43. The number of ether oxygens (including phenoxy) is 1. The zero-order valence-electron chi connectivity index (χ0n) is 12.9. The highest BCUT2D eigenvalue weighted by Crippen LogP contribution is 2.42. The van der Waals surface area contributed by atoms with Crippen LogP contribution in [0.15, 0.2) is 42.5 Å². The maximum Gasteiger partial charge on any atom is 0.325 e. The number of carbonyl (C=O) groups is 2. The monoisotopic (exact) mass is 349 g/mol. The van der Waals surface area contributed by atoms with Gasteiger partial charge in [-0.05, 0) is 13.0 Å². The van der Waals surface area contributed by atoms with Gasteiger partial charge in [-0.3, -0.25) is 14.6 Å². The Hall–Kier alpha value is -2.38. The predicted molar refractivity (Wildman–Crippen MR) is 85.3 cm³/mol. The Bertz CT molecular complexity index is 749. The molecule has 0 bridgehead atoms. The summed E-state index contributed by atoms with van der Waals surface area (Å²) in [6.07, 6.45) is 7.72. The number of aliphatic hydroxyl groups is 1. The summed E-state index contributed by atoms with van der Waals surface area (Å²) in [5.41, 5.74) is -0.947. The highest BCUT2D eigenvalue weighted by Gasteiger charge is 2.51. The van der Waals surface area contributed by atoms with E-state index in [1.165, 1.54) is 18.6 Å². The van der Waals surface area contributed by atoms with Gasteiger partial charge in [0.05, 0.1) is 17.5 Å². The number of hydrogen-bond donors (Lipinski definition) is 2. The van der Waals surface area contributed by atoms with Crippen LogP contribution in [0.3, 0.4) is 0 Å². The van der Waals surface area contributed by atoms with Gasteiger partial charge in [-0.15, -0.1) is 0 Å². The number of pyridine rings is 1. The minimum atomic E-state index is -1.66. The standard InChI is InChI=1S/C16H16ClN3O4/c1-2-24-14(21)9-20-6-4-11-10(8-20)15(22)19-16(11,23)12-3-5-18-7-13(12)17/h3-8,11,23H,2,9H2,1H3,(H,19,22)/t11-,16+/m0/s1. The first kappa shape index (κ1) is 16.5. The first-order valence-electron chi connectivity index (χ1n) is 7.42. The summed E-state index contributed by atoms with van der Waals surface area (Å²) < 4.78 is 4.89. The molecule has 0 saturated carbocycles. The quantitative estimate of drug-likeness (QED) is 0.785. The SMILES string of the molecule is CCOC(=O)CN1C=C[C@H]2C(=C1)C(=O)N[C@]2(O)c1ccncc1Cl. The molecule has 0 unspecified atom stereocenters. The summed E-state index contributed by atoms with van der Waals surface area (Å²) >= 11 is 6.12. The van der Waals surface area contributed by atoms with Crippen LogP contribution in [-0.2, 0) is 20.1 Å². The van der Waals surface area contributed by atoms with Crippen LogP contribution in [0, 0.1) is 5.92 Å². The van der Waals surface area contributed by atoms with Crippen molar-refractivity contribution in [2.45, 2.75) is 12.6 Å². The molecule has 126 valence electrons.